The van der Waals surface area contributed by atoms with E-state index in [-0.39, 0.29) is 35.5 Å². The number of thiocarbonyl (C=S) groups is 1. The Kier molecular flexibility index (Phi) is 7.56. The first kappa shape index (κ1) is 25.6. The second-order valence-corrected chi connectivity index (χ2v) is 10.3. The molecule has 0 atom stereocenters. The number of benzene rings is 2. The topological polar surface area (TPSA) is 96.0 Å². The molecule has 36 heavy (non-hydrogen) atoms. The predicted molar refractivity (Wildman–Crippen MR) is 143 cm³/mol. The number of hydrogen-bond donors (Lipinski definition) is 1. The highest BCUT2D eigenvalue weighted by molar-refractivity contribution is 8.26. The molecule has 1 saturated heterocycles. The molecular formula is C26H25N3O5S2. The number of nitrogens with zero attached hydrogens (tertiary/aromatic N) is 2. The molecular weight excluding hydrogens is 498 g/mol. The zero-order chi connectivity index (χ0) is 26.0. The van der Waals surface area contributed by atoms with Gasteiger partial charge in [0.1, 0.15) is 10.9 Å². The van der Waals surface area contributed by atoms with Crippen LogP contribution in [0.4, 0.5) is 11.4 Å². The highest BCUT2D eigenvalue weighted by Gasteiger charge is 2.42. The Bertz CT molecular complexity index is 1290. The molecule has 2 aromatic rings. The Morgan fingerprint density at radius 3 is 2.39 bits per heavy atom. The number of para-hydroxylation sites is 1. The fourth-order valence-electron chi connectivity index (χ4n) is 3.98. The molecule has 2 aliphatic heterocycles. The summed E-state index contributed by atoms with van der Waals surface area (Å²) in [5, 5.41) is 2.75. The van der Waals surface area contributed by atoms with E-state index in [0.29, 0.717) is 33.4 Å². The molecule has 0 saturated carbocycles. The number of fused-ring (bicyclic) bond motifs is 1. The van der Waals surface area contributed by atoms with Crippen LogP contribution < -0.4 is 10.2 Å². The minimum Gasteiger partial charge on any atom is -0.462 e. The van der Waals surface area contributed by atoms with Crippen molar-refractivity contribution in [3.05, 3.63) is 64.6 Å². The van der Waals surface area contributed by atoms with Gasteiger partial charge in [0.15, 0.2) is 0 Å². The zero-order valence-corrected chi connectivity index (χ0v) is 21.7. The second-order valence-electron chi connectivity index (χ2n) is 8.64. The van der Waals surface area contributed by atoms with Crippen molar-refractivity contribution >= 4 is 68.9 Å². The normalized spacial score (nSPS) is 17.2. The largest absolute Gasteiger partial charge is 0.462 e. The molecule has 0 unspecified atom stereocenters. The first-order valence-corrected chi connectivity index (χ1v) is 12.7. The average Bonchev–Trinajstić information content (AvgIpc) is 3.26. The number of thioether (sulfide) groups is 1. The monoisotopic (exact) mass is 523 g/mol. The van der Waals surface area contributed by atoms with E-state index in [2.05, 4.69) is 5.32 Å². The van der Waals surface area contributed by atoms with Crippen molar-refractivity contribution in [2.45, 2.75) is 20.8 Å². The summed E-state index contributed by atoms with van der Waals surface area (Å²) in [4.78, 5) is 54.5. The van der Waals surface area contributed by atoms with Gasteiger partial charge in [-0.1, -0.05) is 56.0 Å². The number of hydrogen-bond acceptors (Lipinski definition) is 7. The maximum Gasteiger partial charge on any atom is 0.338 e. The number of nitrogens with one attached hydrogen (secondary N) is 1. The molecule has 4 rings (SSSR count). The van der Waals surface area contributed by atoms with Gasteiger partial charge in [-0.15, -0.1) is 0 Å². The number of ether oxygens (including phenoxy) is 1. The number of amides is 3. The number of anilines is 2. The first-order chi connectivity index (χ1) is 17.2. The summed E-state index contributed by atoms with van der Waals surface area (Å²) in [6.45, 7) is 6.21. The van der Waals surface area contributed by atoms with E-state index in [1.165, 1.54) is 9.80 Å². The molecule has 0 bridgehead atoms. The summed E-state index contributed by atoms with van der Waals surface area (Å²) < 4.78 is 5.38. The summed E-state index contributed by atoms with van der Waals surface area (Å²) >= 11 is 6.53. The Hall–Kier alpha value is -3.50. The van der Waals surface area contributed by atoms with Crippen molar-refractivity contribution in [3.63, 3.8) is 0 Å². The third-order valence-electron chi connectivity index (χ3n) is 5.53. The zero-order valence-electron chi connectivity index (χ0n) is 20.1. The summed E-state index contributed by atoms with van der Waals surface area (Å²) in [5.74, 6) is -1.36. The van der Waals surface area contributed by atoms with Crippen molar-refractivity contribution in [1.29, 1.82) is 0 Å². The Labute approximate surface area is 218 Å². The second kappa shape index (κ2) is 10.6. The molecule has 0 radical (unpaired) electrons. The van der Waals surface area contributed by atoms with Gasteiger partial charge in [-0.3, -0.25) is 24.2 Å². The molecule has 1 N–H and O–H groups in total. The number of esters is 1. The van der Waals surface area contributed by atoms with Gasteiger partial charge in [-0.05, 0) is 43.2 Å². The lowest BCUT2D eigenvalue weighted by molar-refractivity contribution is -0.122. The van der Waals surface area contributed by atoms with Gasteiger partial charge < -0.3 is 10.1 Å². The molecule has 2 heterocycles. The molecule has 0 aliphatic carbocycles. The maximum atomic E-state index is 13.5. The van der Waals surface area contributed by atoms with E-state index in [9.17, 15) is 19.2 Å². The molecule has 1 fully saturated rings. The van der Waals surface area contributed by atoms with Crippen molar-refractivity contribution in [3.8, 4) is 0 Å². The van der Waals surface area contributed by atoms with Crippen LogP contribution in [0.2, 0.25) is 0 Å². The van der Waals surface area contributed by atoms with E-state index in [0.717, 1.165) is 11.8 Å². The van der Waals surface area contributed by atoms with Crippen molar-refractivity contribution in [1.82, 2.24) is 4.90 Å². The molecule has 10 heteroatoms. The van der Waals surface area contributed by atoms with E-state index in [1.54, 1.807) is 55.5 Å². The highest BCUT2D eigenvalue weighted by Crippen LogP contribution is 2.44. The smallest absolute Gasteiger partial charge is 0.338 e. The lowest BCUT2D eigenvalue weighted by Crippen LogP contribution is -2.36. The summed E-state index contributed by atoms with van der Waals surface area (Å²) in [6.07, 6.45) is 0. The van der Waals surface area contributed by atoms with Crippen LogP contribution in [0.15, 0.2) is 53.4 Å². The quantitative estimate of drug-likeness (QED) is 0.332. The summed E-state index contributed by atoms with van der Waals surface area (Å²) in [7, 11) is 0. The van der Waals surface area contributed by atoms with Crippen LogP contribution in [0.1, 0.15) is 36.7 Å². The van der Waals surface area contributed by atoms with E-state index >= 15 is 0 Å². The molecule has 8 nitrogen and oxygen atoms in total. The lowest BCUT2D eigenvalue weighted by Gasteiger charge is -2.17. The minimum atomic E-state index is -0.444. The third kappa shape index (κ3) is 5.05. The Balaban J connectivity index is 1.55. The predicted octanol–water partition coefficient (Wildman–Crippen LogP) is 4.08. The van der Waals surface area contributed by atoms with E-state index < -0.39 is 17.8 Å². The number of carbonyl (C=O) groups excluding carboxylic acids is 4. The molecule has 3 amide bonds. The fraction of sp³-hybridized carbons (Fsp3) is 0.269. The molecule has 2 aliphatic rings. The average molecular weight is 524 g/mol. The van der Waals surface area contributed by atoms with Gasteiger partial charge in [0.25, 0.3) is 11.8 Å². The van der Waals surface area contributed by atoms with Crippen LogP contribution in [0.5, 0.6) is 0 Å². The van der Waals surface area contributed by atoms with Gasteiger partial charge >= 0.3 is 5.97 Å². The molecule has 186 valence electrons. The van der Waals surface area contributed by atoms with Crippen LogP contribution >= 0.6 is 24.0 Å². The van der Waals surface area contributed by atoms with Crippen LogP contribution in [0.3, 0.4) is 0 Å². The van der Waals surface area contributed by atoms with Crippen molar-refractivity contribution < 1.29 is 23.9 Å². The van der Waals surface area contributed by atoms with Crippen molar-refractivity contribution in [2.24, 2.45) is 5.92 Å². The number of carbonyl (C=O) groups is 4. The van der Waals surface area contributed by atoms with Gasteiger partial charge in [0.05, 0.1) is 28.3 Å². The Morgan fingerprint density at radius 2 is 1.72 bits per heavy atom. The van der Waals surface area contributed by atoms with Crippen LogP contribution in [-0.4, -0.2) is 52.6 Å². The Morgan fingerprint density at radius 1 is 1.03 bits per heavy atom. The summed E-state index contributed by atoms with van der Waals surface area (Å²) in [5.41, 5.74) is 2.26. The van der Waals surface area contributed by atoms with Gasteiger partial charge in [-0.2, -0.15) is 0 Å². The minimum absolute atomic E-state index is 0.218. The fourth-order valence-corrected chi connectivity index (χ4v) is 5.32. The molecule has 0 spiro atoms. The maximum absolute atomic E-state index is 13.5. The third-order valence-corrected chi connectivity index (χ3v) is 6.98. The first-order valence-electron chi connectivity index (χ1n) is 11.5. The van der Waals surface area contributed by atoms with Crippen LogP contribution in [-0.2, 0) is 19.1 Å². The van der Waals surface area contributed by atoms with Gasteiger partial charge in [0, 0.05) is 17.8 Å². The lowest BCUT2D eigenvalue weighted by atomic mass is 10.1. The van der Waals surface area contributed by atoms with E-state index in [4.69, 9.17) is 17.0 Å². The summed E-state index contributed by atoms with van der Waals surface area (Å²) in [6, 6.07) is 13.4. The number of rotatable bonds is 7. The van der Waals surface area contributed by atoms with Gasteiger partial charge in [-0.25, -0.2) is 4.79 Å². The van der Waals surface area contributed by atoms with E-state index in [1.807, 2.05) is 13.8 Å². The van der Waals surface area contributed by atoms with Crippen molar-refractivity contribution in [2.75, 3.05) is 29.9 Å². The molecule has 2 aromatic carbocycles. The standard InChI is InChI=1S/C26H25N3O5S2/c1-4-34-25(33)16-9-11-17(12-10-16)27-20(30)14-28-19-8-6-5-7-18(19)21(23(28)31)22-24(32)29(13-15(2)3)26(35)36-22/h5-12,15H,4,13-14H2,1-3H3,(H,27,30)/b22-21-. The van der Waals surface area contributed by atoms with Gasteiger partial charge in [0.2, 0.25) is 5.91 Å². The highest BCUT2D eigenvalue weighted by atomic mass is 32.2. The van der Waals surface area contributed by atoms with Crippen LogP contribution in [0, 0.1) is 5.92 Å². The SMILES string of the molecule is CCOC(=O)c1ccc(NC(=O)CN2C(=O)/C(=C3\SC(=S)N(CC(C)C)C3=O)c3ccccc32)cc1. The molecule has 0 aromatic heterocycles. The van der Waals surface area contributed by atoms with Crippen LogP contribution in [0.25, 0.3) is 5.57 Å².